The van der Waals surface area contributed by atoms with E-state index in [1.807, 2.05) is 18.2 Å². The van der Waals surface area contributed by atoms with Gasteiger partial charge in [-0.1, -0.05) is 15.9 Å². The Balaban J connectivity index is 2.43. The zero-order chi connectivity index (χ0) is 12.6. The van der Waals surface area contributed by atoms with E-state index in [0.717, 1.165) is 15.5 Å². The Labute approximate surface area is 108 Å². The normalized spacial score (nSPS) is 12.1. The maximum atomic E-state index is 11.1. The van der Waals surface area contributed by atoms with Gasteiger partial charge in [-0.25, -0.2) is 13.4 Å². The first-order chi connectivity index (χ1) is 7.87. The van der Waals surface area contributed by atoms with Crippen LogP contribution in [-0.2, 0) is 16.4 Å². The molecule has 0 aliphatic carbocycles. The third kappa shape index (κ3) is 2.78. The first kappa shape index (κ1) is 12.4. The SMILES string of the molecule is CS(=O)(=O)CCn1c(N)nc2cc(Br)ccc21. The monoisotopic (exact) mass is 317 g/mol. The number of nitrogen functional groups attached to an aromatic ring is 1. The first-order valence-corrected chi connectivity index (χ1v) is 7.81. The highest BCUT2D eigenvalue weighted by Crippen LogP contribution is 2.21. The van der Waals surface area contributed by atoms with Gasteiger partial charge < -0.3 is 10.3 Å². The van der Waals surface area contributed by atoms with Gasteiger partial charge in [0, 0.05) is 17.3 Å². The molecule has 0 atom stereocenters. The van der Waals surface area contributed by atoms with Crippen molar-refractivity contribution in [1.29, 1.82) is 0 Å². The molecule has 0 spiro atoms. The van der Waals surface area contributed by atoms with E-state index in [1.165, 1.54) is 6.26 Å². The maximum Gasteiger partial charge on any atom is 0.201 e. The zero-order valence-corrected chi connectivity index (χ0v) is 11.6. The van der Waals surface area contributed by atoms with Crippen LogP contribution in [0.4, 0.5) is 5.95 Å². The Hall–Kier alpha value is -1.08. The summed E-state index contributed by atoms with van der Waals surface area (Å²) in [6.07, 6.45) is 1.21. The van der Waals surface area contributed by atoms with E-state index in [2.05, 4.69) is 20.9 Å². The number of aryl methyl sites for hydroxylation is 1. The van der Waals surface area contributed by atoms with Gasteiger partial charge in [-0.15, -0.1) is 0 Å². The molecule has 5 nitrogen and oxygen atoms in total. The molecule has 0 aliphatic heterocycles. The highest BCUT2D eigenvalue weighted by Gasteiger charge is 2.10. The van der Waals surface area contributed by atoms with Crippen molar-refractivity contribution in [2.45, 2.75) is 6.54 Å². The second kappa shape index (κ2) is 4.30. The van der Waals surface area contributed by atoms with Crippen LogP contribution < -0.4 is 5.73 Å². The summed E-state index contributed by atoms with van der Waals surface area (Å²) in [6, 6.07) is 5.59. The summed E-state index contributed by atoms with van der Waals surface area (Å²) in [4.78, 5) is 4.19. The molecule has 0 unspecified atom stereocenters. The molecule has 0 radical (unpaired) electrons. The van der Waals surface area contributed by atoms with Gasteiger partial charge >= 0.3 is 0 Å². The van der Waals surface area contributed by atoms with Crippen molar-refractivity contribution in [3.8, 4) is 0 Å². The van der Waals surface area contributed by atoms with E-state index in [-0.39, 0.29) is 5.75 Å². The van der Waals surface area contributed by atoms with Crippen molar-refractivity contribution in [1.82, 2.24) is 9.55 Å². The predicted octanol–water partition coefficient (Wildman–Crippen LogP) is 1.43. The lowest BCUT2D eigenvalue weighted by Crippen LogP contribution is -2.12. The molecule has 1 heterocycles. The molecule has 2 aromatic rings. The number of sulfone groups is 1. The summed E-state index contributed by atoms with van der Waals surface area (Å²) >= 11 is 3.35. The molecule has 0 amide bonds. The van der Waals surface area contributed by atoms with E-state index in [0.29, 0.717) is 12.5 Å². The molecule has 0 bridgehead atoms. The van der Waals surface area contributed by atoms with E-state index in [4.69, 9.17) is 5.73 Å². The number of nitrogens with zero attached hydrogens (tertiary/aromatic N) is 2. The lowest BCUT2D eigenvalue weighted by atomic mass is 10.3. The number of rotatable bonds is 3. The minimum Gasteiger partial charge on any atom is -0.369 e. The number of aromatic nitrogens is 2. The molecular weight excluding hydrogens is 306 g/mol. The van der Waals surface area contributed by atoms with Crippen LogP contribution in [0.2, 0.25) is 0 Å². The molecule has 1 aromatic carbocycles. The lowest BCUT2D eigenvalue weighted by molar-refractivity contribution is 0.596. The van der Waals surface area contributed by atoms with Gasteiger partial charge in [0.1, 0.15) is 9.84 Å². The number of hydrogen-bond donors (Lipinski definition) is 1. The number of benzene rings is 1. The fraction of sp³-hybridized carbons (Fsp3) is 0.300. The van der Waals surface area contributed by atoms with Crippen LogP contribution in [0.15, 0.2) is 22.7 Å². The Morgan fingerprint density at radius 1 is 1.47 bits per heavy atom. The number of imidazole rings is 1. The minimum atomic E-state index is -3.01. The van der Waals surface area contributed by atoms with Crippen molar-refractivity contribution >= 4 is 42.7 Å². The van der Waals surface area contributed by atoms with Gasteiger partial charge in [0.25, 0.3) is 0 Å². The Kier molecular flexibility index (Phi) is 3.13. The quantitative estimate of drug-likeness (QED) is 0.928. The summed E-state index contributed by atoms with van der Waals surface area (Å²) in [6.45, 7) is 0.322. The van der Waals surface area contributed by atoms with Crippen molar-refractivity contribution in [3.05, 3.63) is 22.7 Å². The van der Waals surface area contributed by atoms with Crippen molar-refractivity contribution in [2.75, 3.05) is 17.7 Å². The third-order valence-electron chi connectivity index (χ3n) is 2.43. The predicted molar refractivity (Wildman–Crippen MR) is 71.6 cm³/mol. The topological polar surface area (TPSA) is 78.0 Å². The molecule has 2 rings (SSSR count). The van der Waals surface area contributed by atoms with Crippen LogP contribution >= 0.6 is 15.9 Å². The molecule has 92 valence electrons. The maximum absolute atomic E-state index is 11.1. The minimum absolute atomic E-state index is 0.0543. The van der Waals surface area contributed by atoms with E-state index in [9.17, 15) is 8.42 Å². The first-order valence-electron chi connectivity index (χ1n) is 4.96. The van der Waals surface area contributed by atoms with Gasteiger partial charge in [-0.05, 0) is 18.2 Å². The number of hydrogen-bond acceptors (Lipinski definition) is 4. The second-order valence-electron chi connectivity index (χ2n) is 3.88. The summed E-state index contributed by atoms with van der Waals surface area (Å²) in [7, 11) is -3.01. The number of halogens is 1. The van der Waals surface area contributed by atoms with Crippen LogP contribution in [0.25, 0.3) is 11.0 Å². The summed E-state index contributed by atoms with van der Waals surface area (Å²) in [5.41, 5.74) is 7.37. The Morgan fingerprint density at radius 3 is 2.82 bits per heavy atom. The second-order valence-corrected chi connectivity index (χ2v) is 7.06. The Morgan fingerprint density at radius 2 is 2.18 bits per heavy atom. The van der Waals surface area contributed by atoms with Gasteiger partial charge in [0.2, 0.25) is 5.95 Å². The summed E-state index contributed by atoms with van der Waals surface area (Å²) in [5.74, 6) is 0.389. The van der Waals surface area contributed by atoms with Gasteiger partial charge in [-0.3, -0.25) is 0 Å². The summed E-state index contributed by atoms with van der Waals surface area (Å²) in [5, 5.41) is 0. The van der Waals surface area contributed by atoms with E-state index < -0.39 is 9.84 Å². The van der Waals surface area contributed by atoms with Crippen LogP contribution in [-0.4, -0.2) is 30.0 Å². The highest BCUT2D eigenvalue weighted by atomic mass is 79.9. The van der Waals surface area contributed by atoms with Gasteiger partial charge in [-0.2, -0.15) is 0 Å². The molecule has 0 fully saturated rings. The number of nitrogens with two attached hydrogens (primary N) is 1. The number of fused-ring (bicyclic) bond motifs is 1. The third-order valence-corrected chi connectivity index (χ3v) is 3.84. The molecular formula is C10H12BrN3O2S. The Bertz CT molecular complexity index is 663. The van der Waals surface area contributed by atoms with Crippen molar-refractivity contribution in [2.24, 2.45) is 0 Å². The van der Waals surface area contributed by atoms with Crippen molar-refractivity contribution < 1.29 is 8.42 Å². The average Bonchev–Trinajstić information content (AvgIpc) is 2.48. The van der Waals surface area contributed by atoms with E-state index >= 15 is 0 Å². The molecule has 17 heavy (non-hydrogen) atoms. The molecule has 7 heteroatoms. The molecule has 0 saturated heterocycles. The largest absolute Gasteiger partial charge is 0.369 e. The van der Waals surface area contributed by atoms with Crippen LogP contribution in [0.3, 0.4) is 0 Å². The zero-order valence-electron chi connectivity index (χ0n) is 9.22. The standard InChI is InChI=1S/C10H12BrN3O2S/c1-17(15,16)5-4-14-9-3-2-7(11)6-8(9)13-10(14)12/h2-3,6H,4-5H2,1H3,(H2,12,13). The average molecular weight is 318 g/mol. The number of anilines is 1. The van der Waals surface area contributed by atoms with E-state index in [1.54, 1.807) is 4.57 Å². The van der Waals surface area contributed by atoms with Crippen LogP contribution in [0.5, 0.6) is 0 Å². The van der Waals surface area contributed by atoms with Gasteiger partial charge in [0.15, 0.2) is 0 Å². The molecule has 2 N–H and O–H groups in total. The molecule has 0 aliphatic rings. The smallest absolute Gasteiger partial charge is 0.201 e. The van der Waals surface area contributed by atoms with Crippen LogP contribution in [0, 0.1) is 0 Å². The van der Waals surface area contributed by atoms with Gasteiger partial charge in [0.05, 0.1) is 16.8 Å². The van der Waals surface area contributed by atoms with Crippen molar-refractivity contribution in [3.63, 3.8) is 0 Å². The summed E-state index contributed by atoms with van der Waals surface area (Å²) < 4.78 is 24.9. The fourth-order valence-electron chi connectivity index (χ4n) is 1.61. The molecule has 0 saturated carbocycles. The lowest BCUT2D eigenvalue weighted by Gasteiger charge is -2.05. The van der Waals surface area contributed by atoms with Crippen LogP contribution in [0.1, 0.15) is 0 Å². The molecule has 1 aromatic heterocycles. The highest BCUT2D eigenvalue weighted by molar-refractivity contribution is 9.10. The fourth-order valence-corrected chi connectivity index (χ4v) is 2.48.